The van der Waals surface area contributed by atoms with Crippen molar-refractivity contribution in [3.63, 3.8) is 0 Å². The molecule has 2 aromatic heterocycles. The Bertz CT molecular complexity index is 670. The van der Waals surface area contributed by atoms with Crippen LogP contribution >= 0.6 is 11.6 Å². The summed E-state index contributed by atoms with van der Waals surface area (Å²) in [6, 6.07) is 0. The van der Waals surface area contributed by atoms with Gasteiger partial charge in [0.25, 0.3) is 5.56 Å². The fraction of sp³-hybridized carbons (Fsp3) is 0.643. The van der Waals surface area contributed by atoms with E-state index >= 15 is 0 Å². The number of aromatic amines is 1. The lowest BCUT2D eigenvalue weighted by Crippen LogP contribution is -2.22. The molecular weight excluding hydrogens is 276 g/mol. The molecule has 1 saturated carbocycles. The molecule has 6 heteroatoms. The third-order valence-electron chi connectivity index (χ3n) is 4.02. The molecule has 0 bridgehead atoms. The molecular formula is C14H19ClN4O. The highest BCUT2D eigenvalue weighted by Crippen LogP contribution is 2.31. The van der Waals surface area contributed by atoms with Gasteiger partial charge in [-0.2, -0.15) is 4.98 Å². The Balaban J connectivity index is 2.06. The number of halogens is 1. The molecule has 0 saturated heterocycles. The maximum Gasteiger partial charge on any atom is 0.280 e. The quantitative estimate of drug-likeness (QED) is 0.884. The van der Waals surface area contributed by atoms with Crippen molar-refractivity contribution >= 4 is 22.8 Å². The maximum absolute atomic E-state index is 12.4. The van der Waals surface area contributed by atoms with Gasteiger partial charge in [0.2, 0.25) is 5.28 Å². The topological polar surface area (TPSA) is 63.6 Å². The first-order valence-corrected chi connectivity index (χ1v) is 7.74. The van der Waals surface area contributed by atoms with Gasteiger partial charge in [0.15, 0.2) is 11.2 Å². The Kier molecular flexibility index (Phi) is 3.78. The van der Waals surface area contributed by atoms with Gasteiger partial charge < -0.3 is 4.98 Å². The second-order valence-electron chi connectivity index (χ2n) is 5.49. The monoisotopic (exact) mass is 294 g/mol. The van der Waals surface area contributed by atoms with E-state index in [2.05, 4.69) is 15.0 Å². The van der Waals surface area contributed by atoms with Crippen LogP contribution in [0.15, 0.2) is 4.79 Å². The van der Waals surface area contributed by atoms with Crippen molar-refractivity contribution in [2.45, 2.75) is 57.9 Å². The number of aromatic nitrogens is 4. The lowest BCUT2D eigenvalue weighted by molar-refractivity contribution is 0.431. The van der Waals surface area contributed by atoms with Crippen molar-refractivity contribution in [2.24, 2.45) is 0 Å². The van der Waals surface area contributed by atoms with E-state index in [0.717, 1.165) is 25.1 Å². The normalized spacial score (nSPS) is 16.9. The Morgan fingerprint density at radius 2 is 2.05 bits per heavy atom. The van der Waals surface area contributed by atoms with Crippen LogP contribution in [0, 0.1) is 0 Å². The molecule has 0 spiro atoms. The first-order chi connectivity index (χ1) is 9.70. The maximum atomic E-state index is 12.4. The summed E-state index contributed by atoms with van der Waals surface area (Å²) in [6.07, 6.45) is 6.87. The number of nitrogens with zero attached hydrogens (tertiary/aromatic N) is 3. The summed E-state index contributed by atoms with van der Waals surface area (Å²) in [6.45, 7) is 2.59. The van der Waals surface area contributed by atoms with Gasteiger partial charge >= 0.3 is 0 Å². The van der Waals surface area contributed by atoms with Crippen molar-refractivity contribution in [1.29, 1.82) is 0 Å². The molecule has 0 amide bonds. The van der Waals surface area contributed by atoms with Crippen LogP contribution in [-0.2, 0) is 6.54 Å². The van der Waals surface area contributed by atoms with Crippen LogP contribution in [0.25, 0.3) is 11.2 Å². The van der Waals surface area contributed by atoms with Crippen LogP contribution in [0.5, 0.6) is 0 Å². The average Bonchev–Trinajstić information content (AvgIpc) is 2.88. The van der Waals surface area contributed by atoms with Crippen LogP contribution < -0.4 is 5.56 Å². The second-order valence-corrected chi connectivity index (χ2v) is 5.83. The highest BCUT2D eigenvalue weighted by molar-refractivity contribution is 6.28. The molecule has 1 aliphatic carbocycles. The van der Waals surface area contributed by atoms with E-state index in [1.807, 2.05) is 6.92 Å². The van der Waals surface area contributed by atoms with Gasteiger partial charge in [0.1, 0.15) is 5.82 Å². The Hall–Kier alpha value is -1.36. The number of rotatable bonds is 3. The first-order valence-electron chi connectivity index (χ1n) is 7.36. The third kappa shape index (κ3) is 2.35. The average molecular weight is 295 g/mol. The fourth-order valence-electron chi connectivity index (χ4n) is 2.97. The fourth-order valence-corrected chi connectivity index (χ4v) is 3.21. The Morgan fingerprint density at radius 1 is 1.30 bits per heavy atom. The molecule has 3 rings (SSSR count). The molecule has 5 nitrogen and oxygen atoms in total. The van der Waals surface area contributed by atoms with E-state index in [1.54, 1.807) is 0 Å². The number of fused-ring (bicyclic) bond motifs is 1. The van der Waals surface area contributed by atoms with Crippen LogP contribution in [0.4, 0.5) is 0 Å². The van der Waals surface area contributed by atoms with Gasteiger partial charge in [-0.25, -0.2) is 4.98 Å². The summed E-state index contributed by atoms with van der Waals surface area (Å²) in [5.74, 6) is 1.32. The Labute approximate surface area is 122 Å². The van der Waals surface area contributed by atoms with E-state index < -0.39 is 0 Å². The molecule has 2 heterocycles. The molecule has 1 aliphatic rings. The van der Waals surface area contributed by atoms with Crippen LogP contribution in [0.3, 0.4) is 0 Å². The summed E-state index contributed by atoms with van der Waals surface area (Å²) >= 11 is 6.08. The van der Waals surface area contributed by atoms with Crippen molar-refractivity contribution in [3.05, 3.63) is 21.5 Å². The highest BCUT2D eigenvalue weighted by atomic mass is 35.5. The predicted molar refractivity (Wildman–Crippen MR) is 79.3 cm³/mol. The molecule has 0 unspecified atom stereocenters. The lowest BCUT2D eigenvalue weighted by atomic mass is 9.89. The number of nitrogens with one attached hydrogen (secondary N) is 1. The summed E-state index contributed by atoms with van der Waals surface area (Å²) in [7, 11) is 0. The van der Waals surface area contributed by atoms with E-state index in [4.69, 9.17) is 11.6 Å². The zero-order valence-corrected chi connectivity index (χ0v) is 12.4. The summed E-state index contributed by atoms with van der Waals surface area (Å²) in [5.41, 5.74) is 0.827. The van der Waals surface area contributed by atoms with E-state index in [9.17, 15) is 4.79 Å². The minimum atomic E-state index is -0.114. The Morgan fingerprint density at radius 3 is 2.75 bits per heavy atom. The van der Waals surface area contributed by atoms with E-state index in [-0.39, 0.29) is 10.8 Å². The van der Waals surface area contributed by atoms with E-state index in [0.29, 0.717) is 23.6 Å². The number of hydrogen-bond acceptors (Lipinski definition) is 3. The standard InChI is InChI=1S/C14H19ClN4O/c1-2-8-19-13(20)10-12(18-14(19)15)17-11(16-10)9-6-4-3-5-7-9/h9H,2-8H2,1H3,(H,16,17). The van der Waals surface area contributed by atoms with Gasteiger partial charge in [-0.05, 0) is 30.9 Å². The zero-order chi connectivity index (χ0) is 14.1. The van der Waals surface area contributed by atoms with Crippen LogP contribution in [-0.4, -0.2) is 19.5 Å². The first kappa shape index (κ1) is 13.6. The van der Waals surface area contributed by atoms with Crippen LogP contribution in [0.2, 0.25) is 5.28 Å². The minimum absolute atomic E-state index is 0.114. The van der Waals surface area contributed by atoms with Gasteiger partial charge in [0, 0.05) is 12.5 Å². The summed E-state index contributed by atoms with van der Waals surface area (Å²) < 4.78 is 1.51. The molecule has 1 fully saturated rings. The number of hydrogen-bond donors (Lipinski definition) is 1. The molecule has 0 atom stereocenters. The smallest absolute Gasteiger partial charge is 0.280 e. The molecule has 108 valence electrons. The highest BCUT2D eigenvalue weighted by Gasteiger charge is 2.21. The zero-order valence-electron chi connectivity index (χ0n) is 11.7. The predicted octanol–water partition coefficient (Wildman–Crippen LogP) is 3.23. The molecule has 0 aliphatic heterocycles. The van der Waals surface area contributed by atoms with Crippen molar-refractivity contribution in [3.8, 4) is 0 Å². The summed E-state index contributed by atoms with van der Waals surface area (Å²) in [5, 5.41) is 0.228. The van der Waals surface area contributed by atoms with E-state index in [1.165, 1.54) is 23.8 Å². The number of imidazole rings is 1. The second kappa shape index (κ2) is 5.56. The van der Waals surface area contributed by atoms with Gasteiger partial charge in [-0.3, -0.25) is 9.36 Å². The molecule has 0 radical (unpaired) electrons. The third-order valence-corrected chi connectivity index (χ3v) is 4.31. The summed E-state index contributed by atoms with van der Waals surface area (Å²) in [4.78, 5) is 24.3. The lowest BCUT2D eigenvalue weighted by Gasteiger charge is -2.18. The molecule has 0 aromatic carbocycles. The number of H-pyrrole nitrogens is 1. The minimum Gasteiger partial charge on any atom is -0.336 e. The molecule has 2 aromatic rings. The van der Waals surface area contributed by atoms with Crippen molar-refractivity contribution in [2.75, 3.05) is 0 Å². The van der Waals surface area contributed by atoms with Crippen molar-refractivity contribution in [1.82, 2.24) is 19.5 Å². The molecule has 20 heavy (non-hydrogen) atoms. The molecule has 1 N–H and O–H groups in total. The van der Waals surface area contributed by atoms with Gasteiger partial charge in [-0.15, -0.1) is 0 Å². The van der Waals surface area contributed by atoms with Crippen LogP contribution in [0.1, 0.15) is 57.2 Å². The SMILES string of the molecule is CCCn1c(Cl)nc2nc(C3CCCCC3)[nH]c2c1=O. The van der Waals surface area contributed by atoms with Crippen molar-refractivity contribution < 1.29 is 0 Å². The largest absolute Gasteiger partial charge is 0.336 e. The van der Waals surface area contributed by atoms with Gasteiger partial charge in [-0.1, -0.05) is 26.2 Å². The van der Waals surface area contributed by atoms with Gasteiger partial charge in [0.05, 0.1) is 0 Å².